The second-order valence-electron chi connectivity index (χ2n) is 7.05. The first-order valence-corrected chi connectivity index (χ1v) is 10.6. The van der Waals surface area contributed by atoms with Gasteiger partial charge in [0, 0.05) is 45.1 Å². The Bertz CT molecular complexity index is 1040. The van der Waals surface area contributed by atoms with Crippen molar-refractivity contribution in [1.29, 1.82) is 0 Å². The highest BCUT2D eigenvalue weighted by molar-refractivity contribution is 7.89. The molecule has 0 saturated carbocycles. The van der Waals surface area contributed by atoms with Crippen LogP contribution in [0.2, 0.25) is 0 Å². The van der Waals surface area contributed by atoms with Crippen LogP contribution < -0.4 is 0 Å². The third-order valence-corrected chi connectivity index (χ3v) is 6.83. The van der Waals surface area contributed by atoms with Gasteiger partial charge < -0.3 is 9.09 Å². The first-order valence-electron chi connectivity index (χ1n) is 9.16. The maximum Gasteiger partial charge on any atom is 0.262 e. The topological polar surface area (TPSA) is 107 Å². The summed E-state index contributed by atoms with van der Waals surface area (Å²) in [5, 5.41) is 4.14. The highest BCUT2D eigenvalue weighted by Crippen LogP contribution is 2.27. The van der Waals surface area contributed by atoms with Gasteiger partial charge in [-0.25, -0.2) is 13.4 Å². The van der Waals surface area contributed by atoms with Crippen LogP contribution in [0.5, 0.6) is 0 Å². The third-order valence-electron chi connectivity index (χ3n) is 5.09. The quantitative estimate of drug-likeness (QED) is 0.619. The molecule has 1 atom stereocenters. The molecule has 28 heavy (non-hydrogen) atoms. The molecule has 1 saturated heterocycles. The van der Waals surface area contributed by atoms with Gasteiger partial charge in [-0.15, -0.1) is 0 Å². The fourth-order valence-corrected chi connectivity index (χ4v) is 4.89. The predicted octanol–water partition coefficient (Wildman–Crippen LogP) is 1.82. The molecule has 4 heterocycles. The van der Waals surface area contributed by atoms with E-state index in [9.17, 15) is 8.42 Å². The average molecular weight is 402 g/mol. The van der Waals surface area contributed by atoms with E-state index in [1.807, 2.05) is 12.1 Å². The molecular formula is C18H22N6O3S. The lowest BCUT2D eigenvalue weighted by Crippen LogP contribution is -2.29. The van der Waals surface area contributed by atoms with Crippen molar-refractivity contribution < 1.29 is 12.9 Å². The fraction of sp³-hybridized carbons (Fsp3) is 0.444. The lowest BCUT2D eigenvalue weighted by Gasteiger charge is -2.14. The number of aryl methyl sites for hydroxylation is 3. The molecule has 0 aliphatic carbocycles. The Morgan fingerprint density at radius 1 is 1.32 bits per heavy atom. The van der Waals surface area contributed by atoms with E-state index in [4.69, 9.17) is 4.52 Å². The fourth-order valence-electron chi connectivity index (χ4n) is 3.33. The standard InChI is InChI=1S/C18H22N6O3S/c1-13-20-17(12-23(13)2)28(25,26)24-9-7-14(11-24)5-6-16-21-18(27-22-16)15-4-3-8-19-10-15/h3-4,8,10,12,14H,5-7,9,11H2,1-2H3. The Hall–Kier alpha value is -2.59. The van der Waals surface area contributed by atoms with Crippen LogP contribution in [0.1, 0.15) is 24.5 Å². The summed E-state index contributed by atoms with van der Waals surface area (Å²) in [5.41, 5.74) is 0.782. The Labute approximate surface area is 163 Å². The largest absolute Gasteiger partial charge is 0.337 e. The predicted molar refractivity (Wildman–Crippen MR) is 101 cm³/mol. The molecule has 1 fully saturated rings. The van der Waals surface area contributed by atoms with Crippen molar-refractivity contribution in [3.05, 3.63) is 42.4 Å². The number of sulfonamides is 1. The zero-order valence-corrected chi connectivity index (χ0v) is 16.6. The lowest BCUT2D eigenvalue weighted by atomic mass is 10.0. The van der Waals surface area contributed by atoms with Crippen molar-refractivity contribution in [3.63, 3.8) is 0 Å². The molecule has 3 aromatic rings. The van der Waals surface area contributed by atoms with Crippen molar-refractivity contribution in [2.24, 2.45) is 13.0 Å². The molecule has 4 rings (SSSR count). The van der Waals surface area contributed by atoms with E-state index in [0.29, 0.717) is 37.0 Å². The average Bonchev–Trinajstić information content (AvgIpc) is 3.42. The number of aromatic nitrogens is 5. The summed E-state index contributed by atoms with van der Waals surface area (Å²) in [6.07, 6.45) is 7.20. The van der Waals surface area contributed by atoms with E-state index in [1.165, 1.54) is 4.31 Å². The summed E-state index contributed by atoms with van der Waals surface area (Å²) in [5.74, 6) is 2.01. The molecule has 0 spiro atoms. The molecule has 1 aliphatic rings. The molecule has 0 amide bonds. The minimum atomic E-state index is -3.54. The number of nitrogens with zero attached hydrogens (tertiary/aromatic N) is 6. The Morgan fingerprint density at radius 2 is 2.18 bits per heavy atom. The van der Waals surface area contributed by atoms with Gasteiger partial charge in [-0.1, -0.05) is 5.16 Å². The first kappa shape index (κ1) is 18.8. The van der Waals surface area contributed by atoms with Crippen molar-refractivity contribution in [2.75, 3.05) is 13.1 Å². The van der Waals surface area contributed by atoms with E-state index < -0.39 is 10.0 Å². The van der Waals surface area contributed by atoms with Crippen molar-refractivity contribution in [2.45, 2.75) is 31.2 Å². The number of hydrogen-bond donors (Lipinski definition) is 0. The summed E-state index contributed by atoms with van der Waals surface area (Å²) in [4.78, 5) is 12.6. The molecule has 0 bridgehead atoms. The molecule has 1 unspecified atom stereocenters. The molecule has 9 nitrogen and oxygen atoms in total. The Kier molecular flexibility index (Phi) is 4.98. The van der Waals surface area contributed by atoms with Gasteiger partial charge in [0.25, 0.3) is 15.9 Å². The molecule has 10 heteroatoms. The summed E-state index contributed by atoms with van der Waals surface area (Å²) in [6, 6.07) is 3.68. The number of hydrogen-bond acceptors (Lipinski definition) is 7. The minimum Gasteiger partial charge on any atom is -0.337 e. The van der Waals surface area contributed by atoms with Gasteiger partial charge in [-0.05, 0) is 37.8 Å². The molecule has 3 aromatic heterocycles. The van der Waals surface area contributed by atoms with Crippen LogP contribution in [-0.2, 0) is 23.5 Å². The summed E-state index contributed by atoms with van der Waals surface area (Å²) < 4.78 is 34.1. The zero-order valence-electron chi connectivity index (χ0n) is 15.8. The molecule has 0 aromatic carbocycles. The van der Waals surface area contributed by atoms with Crippen LogP contribution in [0.15, 0.2) is 40.3 Å². The van der Waals surface area contributed by atoms with Gasteiger partial charge in [-0.2, -0.15) is 9.29 Å². The minimum absolute atomic E-state index is 0.118. The summed E-state index contributed by atoms with van der Waals surface area (Å²) >= 11 is 0. The van der Waals surface area contributed by atoms with Crippen LogP contribution in [0.4, 0.5) is 0 Å². The van der Waals surface area contributed by atoms with Gasteiger partial charge in [0.15, 0.2) is 10.9 Å². The molecule has 0 radical (unpaired) electrons. The highest BCUT2D eigenvalue weighted by atomic mass is 32.2. The van der Waals surface area contributed by atoms with Crippen LogP contribution in [0, 0.1) is 12.8 Å². The molecule has 1 aliphatic heterocycles. The monoisotopic (exact) mass is 402 g/mol. The zero-order chi connectivity index (χ0) is 19.7. The second-order valence-corrected chi connectivity index (χ2v) is 8.94. The van der Waals surface area contributed by atoms with Crippen LogP contribution >= 0.6 is 0 Å². The highest BCUT2D eigenvalue weighted by Gasteiger charge is 2.34. The van der Waals surface area contributed by atoms with Crippen LogP contribution in [0.25, 0.3) is 11.5 Å². The molecule has 0 N–H and O–H groups in total. The van der Waals surface area contributed by atoms with Gasteiger partial charge >= 0.3 is 0 Å². The summed E-state index contributed by atoms with van der Waals surface area (Å²) in [7, 11) is -1.75. The maximum absolute atomic E-state index is 12.8. The molecular weight excluding hydrogens is 380 g/mol. The molecule has 148 valence electrons. The van der Waals surface area contributed by atoms with Crippen LogP contribution in [0.3, 0.4) is 0 Å². The van der Waals surface area contributed by atoms with Crippen molar-refractivity contribution in [1.82, 2.24) is 29.0 Å². The SMILES string of the molecule is Cc1nc(S(=O)(=O)N2CCC(CCc3noc(-c4cccnc4)n3)C2)cn1C. The Balaban J connectivity index is 1.36. The van der Waals surface area contributed by atoms with Gasteiger partial charge in [0.1, 0.15) is 5.82 Å². The van der Waals surface area contributed by atoms with Gasteiger partial charge in [-0.3, -0.25) is 4.98 Å². The summed E-state index contributed by atoms with van der Waals surface area (Å²) in [6.45, 7) is 2.79. The van der Waals surface area contributed by atoms with E-state index in [2.05, 4.69) is 20.1 Å². The second kappa shape index (κ2) is 7.44. The third kappa shape index (κ3) is 3.69. The maximum atomic E-state index is 12.8. The Morgan fingerprint density at radius 3 is 2.89 bits per heavy atom. The van der Waals surface area contributed by atoms with Crippen LogP contribution in [-0.4, -0.2) is 50.5 Å². The van der Waals surface area contributed by atoms with Gasteiger partial charge in [0.2, 0.25) is 0 Å². The number of rotatable bonds is 6. The van der Waals surface area contributed by atoms with E-state index >= 15 is 0 Å². The number of pyridine rings is 1. The lowest BCUT2D eigenvalue weighted by molar-refractivity contribution is 0.413. The van der Waals surface area contributed by atoms with E-state index in [-0.39, 0.29) is 10.9 Å². The van der Waals surface area contributed by atoms with Gasteiger partial charge in [0.05, 0.1) is 5.56 Å². The van der Waals surface area contributed by atoms with E-state index in [1.54, 1.807) is 37.1 Å². The van der Waals surface area contributed by atoms with E-state index in [0.717, 1.165) is 18.4 Å². The first-order chi connectivity index (χ1) is 13.4. The smallest absolute Gasteiger partial charge is 0.262 e. The van der Waals surface area contributed by atoms with Crippen molar-refractivity contribution in [3.8, 4) is 11.5 Å². The number of imidazole rings is 1. The van der Waals surface area contributed by atoms with Crippen molar-refractivity contribution >= 4 is 10.0 Å². The normalized spacial score (nSPS) is 18.0.